The van der Waals surface area contributed by atoms with Gasteiger partial charge in [0.2, 0.25) is 0 Å². The monoisotopic (exact) mass is 287 g/mol. The lowest BCUT2D eigenvalue weighted by Gasteiger charge is -2.35. The van der Waals surface area contributed by atoms with E-state index in [0.29, 0.717) is 6.04 Å². The predicted molar refractivity (Wildman–Crippen MR) is 66.3 cm³/mol. The first-order valence-electron chi connectivity index (χ1n) is 5.67. The van der Waals surface area contributed by atoms with Gasteiger partial charge in [0.1, 0.15) is 5.76 Å². The molecule has 1 aromatic heterocycles. The lowest BCUT2D eigenvalue weighted by atomic mass is 9.94. The van der Waals surface area contributed by atoms with Crippen LogP contribution in [0.4, 0.5) is 0 Å². The molecule has 1 N–H and O–H groups in total. The lowest BCUT2D eigenvalue weighted by Crippen LogP contribution is -2.43. The Kier molecular flexibility index (Phi) is 3.72. The van der Waals surface area contributed by atoms with Gasteiger partial charge in [-0.25, -0.2) is 0 Å². The zero-order valence-corrected chi connectivity index (χ0v) is 11.3. The third-order valence-electron chi connectivity index (χ3n) is 2.89. The predicted octanol–water partition coefficient (Wildman–Crippen LogP) is 3.09. The summed E-state index contributed by atoms with van der Waals surface area (Å²) in [4.78, 5) is 0. The first kappa shape index (κ1) is 12.1. The second-order valence-corrected chi connectivity index (χ2v) is 5.67. The molecule has 0 saturated carbocycles. The number of ether oxygens (including phenoxy) is 1. The summed E-state index contributed by atoms with van der Waals surface area (Å²) in [6.45, 7) is 5.91. The van der Waals surface area contributed by atoms with Crippen molar-refractivity contribution in [2.75, 3.05) is 6.61 Å². The Morgan fingerprint density at radius 2 is 2.31 bits per heavy atom. The van der Waals surface area contributed by atoms with Gasteiger partial charge >= 0.3 is 0 Å². The van der Waals surface area contributed by atoms with Crippen molar-refractivity contribution in [3.05, 3.63) is 22.6 Å². The van der Waals surface area contributed by atoms with E-state index in [-0.39, 0.29) is 5.60 Å². The minimum Gasteiger partial charge on any atom is -0.453 e. The van der Waals surface area contributed by atoms with Crippen molar-refractivity contribution in [2.24, 2.45) is 0 Å². The summed E-state index contributed by atoms with van der Waals surface area (Å²) < 4.78 is 11.9. The molecule has 90 valence electrons. The molecule has 0 amide bonds. The number of furan rings is 1. The number of hydrogen-bond acceptors (Lipinski definition) is 3. The van der Waals surface area contributed by atoms with Crippen LogP contribution in [0.2, 0.25) is 0 Å². The van der Waals surface area contributed by atoms with Crippen LogP contribution in [0.15, 0.2) is 21.2 Å². The van der Waals surface area contributed by atoms with Crippen LogP contribution in [0.3, 0.4) is 0 Å². The van der Waals surface area contributed by atoms with Crippen molar-refractivity contribution >= 4 is 15.9 Å². The van der Waals surface area contributed by atoms with Crippen molar-refractivity contribution in [1.29, 1.82) is 0 Å². The molecule has 1 atom stereocenters. The molecule has 1 unspecified atom stereocenters. The van der Waals surface area contributed by atoms with E-state index in [4.69, 9.17) is 9.15 Å². The van der Waals surface area contributed by atoms with E-state index in [9.17, 15) is 0 Å². The van der Waals surface area contributed by atoms with Crippen LogP contribution in [-0.2, 0) is 11.3 Å². The maximum atomic E-state index is 5.68. The quantitative estimate of drug-likeness (QED) is 0.928. The van der Waals surface area contributed by atoms with Crippen molar-refractivity contribution < 1.29 is 9.15 Å². The zero-order chi connectivity index (χ0) is 11.6. The molecule has 16 heavy (non-hydrogen) atoms. The topological polar surface area (TPSA) is 34.4 Å². The second-order valence-electron chi connectivity index (χ2n) is 4.88. The van der Waals surface area contributed by atoms with E-state index in [1.165, 1.54) is 0 Å². The molecule has 1 fully saturated rings. The Morgan fingerprint density at radius 3 is 2.94 bits per heavy atom. The molecule has 1 aliphatic rings. The molecule has 1 aliphatic heterocycles. The molecule has 4 heteroatoms. The van der Waals surface area contributed by atoms with Crippen molar-refractivity contribution in [3.63, 3.8) is 0 Å². The minimum absolute atomic E-state index is 0.000333. The van der Waals surface area contributed by atoms with Crippen molar-refractivity contribution in [2.45, 2.75) is 44.9 Å². The van der Waals surface area contributed by atoms with Crippen molar-refractivity contribution in [1.82, 2.24) is 5.32 Å². The number of hydrogen-bond donors (Lipinski definition) is 1. The van der Waals surface area contributed by atoms with E-state index >= 15 is 0 Å². The molecule has 2 heterocycles. The van der Waals surface area contributed by atoms with Crippen molar-refractivity contribution in [3.8, 4) is 0 Å². The highest BCUT2D eigenvalue weighted by molar-refractivity contribution is 9.10. The smallest absolute Gasteiger partial charge is 0.169 e. The van der Waals surface area contributed by atoms with Crippen LogP contribution in [-0.4, -0.2) is 18.2 Å². The molecule has 1 aromatic rings. The maximum Gasteiger partial charge on any atom is 0.169 e. The maximum absolute atomic E-state index is 5.68. The van der Waals surface area contributed by atoms with Gasteiger partial charge in [0.05, 0.1) is 12.1 Å². The summed E-state index contributed by atoms with van der Waals surface area (Å²) in [5.74, 6) is 0.969. The van der Waals surface area contributed by atoms with Gasteiger partial charge in [-0.1, -0.05) is 0 Å². The molecule has 1 saturated heterocycles. The molecule has 0 bridgehead atoms. The van der Waals surface area contributed by atoms with Gasteiger partial charge < -0.3 is 14.5 Å². The fourth-order valence-electron chi connectivity index (χ4n) is 2.10. The van der Waals surface area contributed by atoms with Gasteiger partial charge in [-0.15, -0.1) is 0 Å². The van der Waals surface area contributed by atoms with Gasteiger partial charge in [0.15, 0.2) is 4.67 Å². The standard InChI is InChI=1S/C12H18BrNO2/c1-12(2)7-9(5-6-15-12)14-8-10-3-4-11(13)16-10/h3-4,9,14H,5-8H2,1-2H3. The van der Waals surface area contributed by atoms with Crippen LogP contribution in [0, 0.1) is 0 Å². The van der Waals surface area contributed by atoms with E-state index in [0.717, 1.165) is 36.4 Å². The normalized spacial score (nSPS) is 24.6. The molecule has 0 spiro atoms. The highest BCUT2D eigenvalue weighted by atomic mass is 79.9. The Bertz CT molecular complexity index is 349. The van der Waals surface area contributed by atoms with E-state index in [1.54, 1.807) is 0 Å². The highest BCUT2D eigenvalue weighted by Gasteiger charge is 2.28. The van der Waals surface area contributed by atoms with Gasteiger partial charge in [0, 0.05) is 12.6 Å². The number of nitrogens with one attached hydrogen (secondary N) is 1. The Hall–Kier alpha value is -0.320. The van der Waals surface area contributed by atoms with Gasteiger partial charge in [-0.05, 0) is 54.8 Å². The summed E-state index contributed by atoms with van der Waals surface area (Å²) >= 11 is 3.30. The Balaban J connectivity index is 1.82. The molecule has 0 radical (unpaired) electrons. The molecule has 0 aromatic carbocycles. The molecule has 0 aliphatic carbocycles. The summed E-state index contributed by atoms with van der Waals surface area (Å²) in [7, 11) is 0. The fraction of sp³-hybridized carbons (Fsp3) is 0.667. The fourth-order valence-corrected chi connectivity index (χ4v) is 2.44. The summed E-state index contributed by atoms with van der Waals surface area (Å²) in [5.41, 5.74) is -0.000333. The van der Waals surface area contributed by atoms with E-state index < -0.39 is 0 Å². The lowest BCUT2D eigenvalue weighted by molar-refractivity contribution is -0.0632. The summed E-state index contributed by atoms with van der Waals surface area (Å²) in [6.07, 6.45) is 2.13. The highest BCUT2D eigenvalue weighted by Crippen LogP contribution is 2.24. The van der Waals surface area contributed by atoms with E-state index in [1.807, 2.05) is 12.1 Å². The van der Waals surface area contributed by atoms with E-state index in [2.05, 4.69) is 35.1 Å². The summed E-state index contributed by atoms with van der Waals surface area (Å²) in [6, 6.07) is 4.43. The first-order valence-corrected chi connectivity index (χ1v) is 6.46. The molecular weight excluding hydrogens is 270 g/mol. The summed E-state index contributed by atoms with van der Waals surface area (Å²) in [5, 5.41) is 3.51. The van der Waals surface area contributed by atoms with Crippen LogP contribution in [0.5, 0.6) is 0 Å². The SMILES string of the molecule is CC1(C)CC(NCc2ccc(Br)o2)CCO1. The Morgan fingerprint density at radius 1 is 1.50 bits per heavy atom. The Labute approximate surface area is 105 Å². The molecule has 3 nitrogen and oxygen atoms in total. The zero-order valence-electron chi connectivity index (χ0n) is 9.75. The average Bonchev–Trinajstić information content (AvgIpc) is 2.60. The number of halogens is 1. The second kappa shape index (κ2) is 4.90. The third kappa shape index (κ3) is 3.34. The van der Waals surface area contributed by atoms with Crippen LogP contribution >= 0.6 is 15.9 Å². The largest absolute Gasteiger partial charge is 0.453 e. The third-order valence-corrected chi connectivity index (χ3v) is 3.32. The number of rotatable bonds is 3. The average molecular weight is 288 g/mol. The van der Waals surface area contributed by atoms with Gasteiger partial charge in [-0.3, -0.25) is 0 Å². The van der Waals surface area contributed by atoms with Crippen LogP contribution < -0.4 is 5.32 Å². The van der Waals surface area contributed by atoms with Gasteiger partial charge in [0.25, 0.3) is 0 Å². The van der Waals surface area contributed by atoms with Crippen LogP contribution in [0.25, 0.3) is 0 Å². The molecular formula is C12H18BrNO2. The first-order chi connectivity index (χ1) is 7.55. The van der Waals surface area contributed by atoms with Crippen LogP contribution in [0.1, 0.15) is 32.4 Å². The molecule has 2 rings (SSSR count). The van der Waals surface area contributed by atoms with Gasteiger partial charge in [-0.2, -0.15) is 0 Å². The minimum atomic E-state index is -0.000333.